The Balaban J connectivity index is 0.000000671. The first-order valence-corrected chi connectivity index (χ1v) is 5.03. The molecule has 1 aromatic rings. The second kappa shape index (κ2) is 5.05. The van der Waals surface area contributed by atoms with Crippen molar-refractivity contribution in [1.29, 1.82) is 0 Å². The maximum atomic E-state index is 4.03. The predicted molar refractivity (Wildman–Crippen MR) is 57.7 cm³/mol. The lowest BCUT2D eigenvalue weighted by Gasteiger charge is -2.30. The van der Waals surface area contributed by atoms with Crippen LogP contribution in [0.3, 0.4) is 0 Å². The van der Waals surface area contributed by atoms with Crippen LogP contribution in [0.15, 0.2) is 18.7 Å². The highest BCUT2D eigenvalue weighted by atomic mass is 15.1. The van der Waals surface area contributed by atoms with Crippen LogP contribution in [-0.4, -0.2) is 9.55 Å². The van der Waals surface area contributed by atoms with Gasteiger partial charge in [-0.1, -0.05) is 27.7 Å². The zero-order valence-corrected chi connectivity index (χ0v) is 9.70. The standard InChI is InChI=1S/C9H16N2.C2H6/c1-8(2)9(3,4)11-6-5-10-7-11;1-2/h5-8H,1-4H3;1-2H3. The van der Waals surface area contributed by atoms with E-state index in [0.717, 1.165) is 0 Å². The van der Waals surface area contributed by atoms with Crippen LogP contribution in [0.1, 0.15) is 41.5 Å². The fraction of sp³-hybridized carbons (Fsp3) is 0.727. The smallest absolute Gasteiger partial charge is 0.0951 e. The van der Waals surface area contributed by atoms with Crippen LogP contribution >= 0.6 is 0 Å². The van der Waals surface area contributed by atoms with E-state index in [1.807, 2.05) is 32.6 Å². The van der Waals surface area contributed by atoms with Crippen molar-refractivity contribution in [1.82, 2.24) is 9.55 Å². The zero-order chi connectivity index (χ0) is 10.5. The topological polar surface area (TPSA) is 17.8 Å². The Labute approximate surface area is 82.0 Å². The molecule has 0 aliphatic heterocycles. The van der Waals surface area contributed by atoms with Crippen molar-refractivity contribution in [2.45, 2.75) is 47.1 Å². The maximum Gasteiger partial charge on any atom is 0.0951 e. The van der Waals surface area contributed by atoms with Gasteiger partial charge in [0.1, 0.15) is 0 Å². The minimum Gasteiger partial charge on any atom is -0.332 e. The van der Waals surface area contributed by atoms with Crippen molar-refractivity contribution in [2.24, 2.45) is 5.92 Å². The average molecular weight is 182 g/mol. The molecule has 0 N–H and O–H groups in total. The van der Waals surface area contributed by atoms with Gasteiger partial charge in [0.25, 0.3) is 0 Å². The van der Waals surface area contributed by atoms with Gasteiger partial charge in [-0.15, -0.1) is 0 Å². The van der Waals surface area contributed by atoms with E-state index in [4.69, 9.17) is 0 Å². The van der Waals surface area contributed by atoms with E-state index < -0.39 is 0 Å². The lowest BCUT2D eigenvalue weighted by atomic mass is 9.91. The predicted octanol–water partition coefficient (Wildman–Crippen LogP) is 3.30. The molecule has 0 aliphatic rings. The quantitative estimate of drug-likeness (QED) is 0.686. The number of nitrogens with zero attached hydrogens (tertiary/aromatic N) is 2. The van der Waals surface area contributed by atoms with E-state index in [9.17, 15) is 0 Å². The molecule has 1 rings (SSSR count). The summed E-state index contributed by atoms with van der Waals surface area (Å²) < 4.78 is 2.15. The monoisotopic (exact) mass is 182 g/mol. The molecular formula is C11H22N2. The van der Waals surface area contributed by atoms with Crippen molar-refractivity contribution in [3.63, 3.8) is 0 Å². The van der Waals surface area contributed by atoms with E-state index in [0.29, 0.717) is 5.92 Å². The number of hydrogen-bond donors (Lipinski definition) is 0. The number of aromatic nitrogens is 2. The molecule has 0 unspecified atom stereocenters. The molecule has 1 heterocycles. The molecule has 0 bridgehead atoms. The highest BCUT2D eigenvalue weighted by Crippen LogP contribution is 2.23. The number of imidazole rings is 1. The van der Waals surface area contributed by atoms with E-state index in [1.54, 1.807) is 0 Å². The molecule has 0 saturated heterocycles. The van der Waals surface area contributed by atoms with Crippen molar-refractivity contribution in [3.05, 3.63) is 18.7 Å². The molecule has 76 valence electrons. The molecule has 0 atom stereocenters. The Morgan fingerprint density at radius 1 is 1.23 bits per heavy atom. The van der Waals surface area contributed by atoms with Crippen LogP contribution < -0.4 is 0 Å². The van der Waals surface area contributed by atoms with Crippen LogP contribution in [0.2, 0.25) is 0 Å². The van der Waals surface area contributed by atoms with Gasteiger partial charge in [-0.3, -0.25) is 0 Å². The molecule has 0 saturated carbocycles. The molecule has 0 aliphatic carbocycles. The van der Waals surface area contributed by atoms with Crippen molar-refractivity contribution >= 4 is 0 Å². The Kier molecular flexibility index (Phi) is 4.74. The maximum absolute atomic E-state index is 4.03. The van der Waals surface area contributed by atoms with Gasteiger partial charge in [0.05, 0.1) is 6.33 Å². The lowest BCUT2D eigenvalue weighted by Crippen LogP contribution is -2.30. The third-order valence-electron chi connectivity index (χ3n) is 2.58. The van der Waals surface area contributed by atoms with E-state index in [-0.39, 0.29) is 5.54 Å². The molecule has 0 spiro atoms. The number of hydrogen-bond acceptors (Lipinski definition) is 1. The summed E-state index contributed by atoms with van der Waals surface area (Å²) in [6.45, 7) is 12.9. The summed E-state index contributed by atoms with van der Waals surface area (Å²) in [5.74, 6) is 0.622. The Morgan fingerprint density at radius 3 is 2.08 bits per heavy atom. The molecule has 2 nitrogen and oxygen atoms in total. The summed E-state index contributed by atoms with van der Waals surface area (Å²) in [6.07, 6.45) is 5.71. The minimum absolute atomic E-state index is 0.177. The zero-order valence-electron chi connectivity index (χ0n) is 9.70. The van der Waals surface area contributed by atoms with E-state index in [1.165, 1.54) is 0 Å². The van der Waals surface area contributed by atoms with E-state index in [2.05, 4.69) is 37.2 Å². The second-order valence-corrected chi connectivity index (χ2v) is 3.78. The van der Waals surface area contributed by atoms with Gasteiger partial charge in [0.2, 0.25) is 0 Å². The largest absolute Gasteiger partial charge is 0.332 e. The third-order valence-corrected chi connectivity index (χ3v) is 2.58. The molecule has 0 radical (unpaired) electrons. The molecule has 0 fully saturated rings. The van der Waals surface area contributed by atoms with Crippen LogP contribution in [0.5, 0.6) is 0 Å². The Morgan fingerprint density at radius 2 is 1.77 bits per heavy atom. The summed E-state index contributed by atoms with van der Waals surface area (Å²) >= 11 is 0. The van der Waals surface area contributed by atoms with Gasteiger partial charge in [-0.05, 0) is 19.8 Å². The normalized spacial score (nSPS) is 11.0. The molecule has 1 aromatic heterocycles. The summed E-state index contributed by atoms with van der Waals surface area (Å²) in [6, 6.07) is 0. The van der Waals surface area contributed by atoms with E-state index >= 15 is 0 Å². The minimum atomic E-state index is 0.177. The molecular weight excluding hydrogens is 160 g/mol. The molecule has 0 aromatic carbocycles. The first-order chi connectivity index (χ1) is 6.05. The summed E-state index contributed by atoms with van der Waals surface area (Å²) in [5.41, 5.74) is 0.177. The lowest BCUT2D eigenvalue weighted by molar-refractivity contribution is 0.250. The van der Waals surface area contributed by atoms with Crippen molar-refractivity contribution in [3.8, 4) is 0 Å². The first kappa shape index (κ1) is 12.2. The van der Waals surface area contributed by atoms with Gasteiger partial charge in [-0.2, -0.15) is 0 Å². The second-order valence-electron chi connectivity index (χ2n) is 3.78. The first-order valence-electron chi connectivity index (χ1n) is 5.03. The molecule has 0 amide bonds. The van der Waals surface area contributed by atoms with Gasteiger partial charge >= 0.3 is 0 Å². The summed E-state index contributed by atoms with van der Waals surface area (Å²) in [4.78, 5) is 4.03. The SMILES string of the molecule is CC.CC(C)C(C)(C)n1ccnc1. The van der Waals surface area contributed by atoms with Crippen LogP contribution in [-0.2, 0) is 5.54 Å². The number of rotatable bonds is 2. The van der Waals surface area contributed by atoms with Crippen LogP contribution in [0.25, 0.3) is 0 Å². The van der Waals surface area contributed by atoms with Crippen molar-refractivity contribution in [2.75, 3.05) is 0 Å². The molecule has 13 heavy (non-hydrogen) atoms. The summed E-state index contributed by atoms with van der Waals surface area (Å²) in [7, 11) is 0. The third kappa shape index (κ3) is 2.87. The average Bonchev–Trinajstić information content (AvgIpc) is 2.60. The van der Waals surface area contributed by atoms with Gasteiger partial charge in [-0.25, -0.2) is 4.98 Å². The van der Waals surface area contributed by atoms with Crippen LogP contribution in [0, 0.1) is 5.92 Å². The highest BCUT2D eigenvalue weighted by molar-refractivity contribution is 4.87. The van der Waals surface area contributed by atoms with Crippen molar-refractivity contribution < 1.29 is 0 Å². The van der Waals surface area contributed by atoms with Gasteiger partial charge in [0, 0.05) is 17.9 Å². The van der Waals surface area contributed by atoms with Gasteiger partial charge < -0.3 is 4.57 Å². The molecule has 2 heteroatoms. The Bertz CT molecular complexity index is 210. The van der Waals surface area contributed by atoms with Crippen LogP contribution in [0.4, 0.5) is 0 Å². The summed E-state index contributed by atoms with van der Waals surface area (Å²) in [5, 5.41) is 0. The van der Waals surface area contributed by atoms with Gasteiger partial charge in [0.15, 0.2) is 0 Å². The fourth-order valence-corrected chi connectivity index (χ4v) is 0.898. The fourth-order valence-electron chi connectivity index (χ4n) is 0.898. The Hall–Kier alpha value is -0.790. The highest BCUT2D eigenvalue weighted by Gasteiger charge is 2.23.